The third-order valence-corrected chi connectivity index (χ3v) is 7.56. The number of aromatic nitrogens is 2. The van der Waals surface area contributed by atoms with Gasteiger partial charge < -0.3 is 35.2 Å². The molecule has 0 saturated carbocycles. The zero-order chi connectivity index (χ0) is 24.3. The number of hydrogen-bond acceptors (Lipinski definition) is 11. The van der Waals surface area contributed by atoms with Gasteiger partial charge in [0.05, 0.1) is 18.3 Å². The number of aliphatic hydroxyl groups is 1. The van der Waals surface area contributed by atoms with Crippen molar-refractivity contribution in [2.75, 3.05) is 13.2 Å². The van der Waals surface area contributed by atoms with E-state index in [9.17, 15) is 33.3 Å². The van der Waals surface area contributed by atoms with E-state index in [0.717, 1.165) is 10.8 Å². The summed E-state index contributed by atoms with van der Waals surface area (Å²) in [6.45, 7) is -0.778. The highest BCUT2D eigenvalue weighted by Crippen LogP contribution is 2.66. The summed E-state index contributed by atoms with van der Waals surface area (Å²) in [5.41, 5.74) is 3.81. The Labute approximate surface area is 178 Å². The van der Waals surface area contributed by atoms with Crippen molar-refractivity contribution in [2.45, 2.75) is 24.9 Å². The van der Waals surface area contributed by atoms with Crippen molar-refractivity contribution in [2.24, 2.45) is 5.73 Å². The number of hydrogen-bond donors (Lipinski definition) is 7. The van der Waals surface area contributed by atoms with Crippen LogP contribution >= 0.6 is 23.5 Å². The van der Waals surface area contributed by atoms with Crippen molar-refractivity contribution < 1.29 is 56.3 Å². The second kappa shape index (κ2) is 10.3. The lowest BCUT2D eigenvalue weighted by Crippen LogP contribution is -2.33. The minimum absolute atomic E-state index is 0.0600. The maximum atomic E-state index is 12.1. The molecule has 2 heterocycles. The highest BCUT2D eigenvalue weighted by molar-refractivity contribution is 7.66. The van der Waals surface area contributed by atoms with Crippen molar-refractivity contribution >= 4 is 29.5 Å². The van der Waals surface area contributed by atoms with E-state index < -0.39 is 59.8 Å². The number of nitrogens with one attached hydrogen (secondary N) is 1. The number of aromatic amines is 1. The van der Waals surface area contributed by atoms with Gasteiger partial charge in [-0.2, -0.15) is 8.62 Å². The predicted octanol–water partition coefficient (Wildman–Crippen LogP) is -1.50. The van der Waals surface area contributed by atoms with Gasteiger partial charge in [-0.25, -0.2) is 18.5 Å². The summed E-state index contributed by atoms with van der Waals surface area (Å²) >= 11 is 0. The van der Waals surface area contributed by atoms with E-state index in [1.165, 1.54) is 12.2 Å². The molecule has 1 aromatic rings. The molecule has 0 radical (unpaired) electrons. The Morgan fingerprint density at radius 2 is 1.84 bits per heavy atom. The van der Waals surface area contributed by atoms with E-state index >= 15 is 0 Å². The molecule has 182 valence electrons. The zero-order valence-electron chi connectivity index (χ0n) is 15.9. The number of phosphoric acid groups is 3. The summed E-state index contributed by atoms with van der Waals surface area (Å²) in [4.78, 5) is 61.5. The molecule has 1 aliphatic rings. The van der Waals surface area contributed by atoms with Crippen LogP contribution in [0.1, 0.15) is 18.2 Å². The molecule has 0 aromatic carbocycles. The fourth-order valence-electron chi connectivity index (χ4n) is 2.54. The largest absolute Gasteiger partial charge is 0.490 e. The number of H-pyrrole nitrogens is 1. The van der Waals surface area contributed by atoms with Gasteiger partial charge in [0, 0.05) is 19.2 Å². The summed E-state index contributed by atoms with van der Waals surface area (Å²) < 4.78 is 51.6. The molecule has 2 rings (SSSR count). The Balaban J connectivity index is 2.08. The first-order chi connectivity index (χ1) is 14.6. The van der Waals surface area contributed by atoms with Crippen LogP contribution < -0.4 is 17.0 Å². The minimum Gasteiger partial charge on any atom is -0.390 e. The Kier molecular flexibility index (Phi) is 8.70. The van der Waals surface area contributed by atoms with Gasteiger partial charge in [-0.05, 0) is 0 Å². The topological polar surface area (TPSA) is 270 Å². The molecular formula is C12H20N3O14P3. The molecule has 32 heavy (non-hydrogen) atoms. The Bertz CT molecular complexity index is 1110. The molecule has 5 atom stereocenters. The molecule has 0 amide bonds. The van der Waals surface area contributed by atoms with Gasteiger partial charge in [-0.1, -0.05) is 12.2 Å². The average Bonchev–Trinajstić information content (AvgIpc) is 2.97. The van der Waals surface area contributed by atoms with E-state index in [2.05, 4.69) is 13.1 Å². The quantitative estimate of drug-likeness (QED) is 0.172. The maximum absolute atomic E-state index is 12.1. The third kappa shape index (κ3) is 7.93. The van der Waals surface area contributed by atoms with Gasteiger partial charge in [0.2, 0.25) is 0 Å². The molecule has 4 unspecified atom stereocenters. The van der Waals surface area contributed by atoms with Crippen molar-refractivity contribution in [3.63, 3.8) is 0 Å². The lowest BCUT2D eigenvalue weighted by atomic mass is 10.2. The van der Waals surface area contributed by atoms with E-state index in [-0.39, 0.29) is 18.5 Å². The number of phosphoric ester groups is 1. The number of aliphatic hydroxyl groups excluding tert-OH is 1. The first-order valence-electron chi connectivity index (χ1n) is 8.46. The molecule has 1 fully saturated rings. The van der Waals surface area contributed by atoms with Gasteiger partial charge in [-0.15, -0.1) is 0 Å². The molecule has 1 aliphatic heterocycles. The van der Waals surface area contributed by atoms with Gasteiger partial charge in [0.15, 0.2) is 0 Å². The fourth-order valence-corrected chi connectivity index (χ4v) is 5.57. The van der Waals surface area contributed by atoms with Crippen molar-refractivity contribution in [3.8, 4) is 0 Å². The lowest BCUT2D eigenvalue weighted by Gasteiger charge is -2.19. The van der Waals surface area contributed by atoms with Crippen molar-refractivity contribution in [3.05, 3.63) is 38.7 Å². The highest BCUT2D eigenvalue weighted by atomic mass is 31.3. The van der Waals surface area contributed by atoms with Crippen LogP contribution in [0.5, 0.6) is 0 Å². The second-order valence-corrected chi connectivity index (χ2v) is 10.6. The van der Waals surface area contributed by atoms with Gasteiger partial charge >= 0.3 is 29.2 Å². The monoisotopic (exact) mass is 523 g/mol. The summed E-state index contributed by atoms with van der Waals surface area (Å²) in [6.07, 6.45) is -0.0802. The van der Waals surface area contributed by atoms with Gasteiger partial charge in [-0.3, -0.25) is 18.9 Å². The molecule has 0 aliphatic carbocycles. The van der Waals surface area contributed by atoms with Crippen LogP contribution in [0.25, 0.3) is 6.08 Å². The first kappa shape index (κ1) is 27.0. The van der Waals surface area contributed by atoms with Crippen LogP contribution in [-0.4, -0.2) is 59.6 Å². The molecule has 20 heteroatoms. The minimum atomic E-state index is -5.70. The first-order valence-corrected chi connectivity index (χ1v) is 13.0. The van der Waals surface area contributed by atoms with Crippen LogP contribution in [0.2, 0.25) is 0 Å². The fraction of sp³-hybridized carbons (Fsp3) is 0.500. The summed E-state index contributed by atoms with van der Waals surface area (Å²) in [5.74, 6) is 0. The van der Waals surface area contributed by atoms with E-state index in [1.54, 1.807) is 0 Å². The van der Waals surface area contributed by atoms with E-state index in [1.807, 2.05) is 4.98 Å². The zero-order valence-corrected chi connectivity index (χ0v) is 18.5. The van der Waals surface area contributed by atoms with Crippen LogP contribution in [0.15, 0.2) is 21.9 Å². The van der Waals surface area contributed by atoms with Crippen molar-refractivity contribution in [1.29, 1.82) is 0 Å². The molecular weight excluding hydrogens is 503 g/mol. The summed E-state index contributed by atoms with van der Waals surface area (Å²) in [7, 11) is -16.7. The predicted molar refractivity (Wildman–Crippen MR) is 104 cm³/mol. The molecule has 17 nitrogen and oxygen atoms in total. The molecule has 0 bridgehead atoms. The molecule has 1 saturated heterocycles. The molecule has 1 aromatic heterocycles. The normalized spacial score (nSPS) is 25.6. The van der Waals surface area contributed by atoms with Crippen LogP contribution in [0.4, 0.5) is 0 Å². The average molecular weight is 523 g/mol. The number of rotatable bonds is 10. The number of ether oxygens (including phenoxy) is 1. The second-order valence-electron chi connectivity index (χ2n) is 6.21. The standard InChI is InChI=1S/C12H20N3O14P3/c13-3-1-2-7-5-15(12(18)14-11(7)17)10-4-8(16)9(27-10)6-26-31(22,23)29-32(24,25)28-30(19,20)21/h1-2,5,8-10,16H,3-4,6,13H2,(H,22,23)(H,24,25)(H,14,17,18)(H2,19,20,21)/b2-1-/t8?,9-,10?/m1/s1. The lowest BCUT2D eigenvalue weighted by molar-refractivity contribution is -0.0450. The Hall–Kier alpha value is -1.29. The van der Waals surface area contributed by atoms with Gasteiger partial charge in [0.25, 0.3) is 5.56 Å². The Morgan fingerprint density at radius 3 is 2.44 bits per heavy atom. The van der Waals surface area contributed by atoms with Crippen LogP contribution in [-0.2, 0) is 31.6 Å². The maximum Gasteiger partial charge on any atom is 0.490 e. The Morgan fingerprint density at radius 1 is 1.19 bits per heavy atom. The number of nitrogens with two attached hydrogens (primary N) is 1. The van der Waals surface area contributed by atoms with Crippen LogP contribution in [0.3, 0.4) is 0 Å². The summed E-state index contributed by atoms with van der Waals surface area (Å²) in [5, 5.41) is 10.1. The smallest absolute Gasteiger partial charge is 0.390 e. The highest BCUT2D eigenvalue weighted by Gasteiger charge is 2.43. The van der Waals surface area contributed by atoms with Gasteiger partial charge in [0.1, 0.15) is 12.3 Å². The SMILES string of the molecule is NC/C=C\c1cn(C2CC(O)[C@@H](COP(=O)(O)OP(=O)(O)OP(=O)(O)O)O2)c(=O)[nH]c1=O. The molecule has 8 N–H and O–H groups in total. The van der Waals surface area contributed by atoms with Crippen molar-refractivity contribution in [1.82, 2.24) is 9.55 Å². The van der Waals surface area contributed by atoms with Crippen LogP contribution in [0, 0.1) is 0 Å². The number of nitrogens with zero attached hydrogens (tertiary/aromatic N) is 1. The summed E-state index contributed by atoms with van der Waals surface area (Å²) in [6, 6.07) is 0. The van der Waals surface area contributed by atoms with E-state index in [4.69, 9.17) is 25.2 Å². The molecule has 0 spiro atoms. The van der Waals surface area contributed by atoms with E-state index in [0.29, 0.717) is 0 Å². The third-order valence-electron chi connectivity index (χ3n) is 3.76.